The number of urea groups is 1. The molecular weight excluding hydrogens is 384 g/mol. The molecule has 3 aliphatic rings. The van der Waals surface area contributed by atoms with E-state index in [0.717, 1.165) is 11.3 Å². The van der Waals surface area contributed by atoms with Gasteiger partial charge in [-0.05, 0) is 55.2 Å². The van der Waals surface area contributed by atoms with E-state index in [9.17, 15) is 19.2 Å². The van der Waals surface area contributed by atoms with Gasteiger partial charge in [-0.15, -0.1) is 0 Å². The van der Waals surface area contributed by atoms with E-state index in [1.807, 2.05) is 0 Å². The lowest BCUT2D eigenvalue weighted by molar-refractivity contribution is -0.122. The standard InChI is InChI=1S/C22H26N4O4/c1-13(27)24-17-3-2-4-18(11-17)26-21(29)19(25-22(26)30)7-8-20(28)23-12-16-10-14-5-6-15(16)9-14/h2-6,11,14-16,19H,7-10,12H2,1H3,(H,23,28)(H,24,27)(H,25,30)/t14-,15-,16-,19-/m0/s1. The van der Waals surface area contributed by atoms with Crippen LogP contribution in [-0.4, -0.2) is 36.3 Å². The van der Waals surface area contributed by atoms with Crippen molar-refractivity contribution < 1.29 is 19.2 Å². The number of allylic oxidation sites excluding steroid dienone is 2. The van der Waals surface area contributed by atoms with E-state index < -0.39 is 18.0 Å². The van der Waals surface area contributed by atoms with Crippen LogP contribution < -0.4 is 20.9 Å². The Morgan fingerprint density at radius 1 is 1.20 bits per heavy atom. The van der Waals surface area contributed by atoms with E-state index >= 15 is 0 Å². The van der Waals surface area contributed by atoms with Crippen LogP contribution in [0.1, 0.15) is 32.6 Å². The maximum absolute atomic E-state index is 12.7. The molecule has 4 atom stereocenters. The summed E-state index contributed by atoms with van der Waals surface area (Å²) < 4.78 is 0. The zero-order valence-electron chi connectivity index (χ0n) is 16.9. The quantitative estimate of drug-likeness (QED) is 0.473. The Hall–Kier alpha value is -3.16. The van der Waals surface area contributed by atoms with E-state index in [4.69, 9.17) is 0 Å². The van der Waals surface area contributed by atoms with Crippen LogP contribution >= 0.6 is 0 Å². The number of carbonyl (C=O) groups is 4. The maximum atomic E-state index is 12.7. The molecule has 1 aliphatic heterocycles. The van der Waals surface area contributed by atoms with Gasteiger partial charge in [0.2, 0.25) is 11.8 Å². The zero-order valence-corrected chi connectivity index (χ0v) is 16.9. The molecule has 8 heteroatoms. The molecule has 30 heavy (non-hydrogen) atoms. The van der Waals surface area contributed by atoms with Gasteiger partial charge in [-0.2, -0.15) is 0 Å². The summed E-state index contributed by atoms with van der Waals surface area (Å²) in [6.07, 6.45) is 7.28. The fourth-order valence-corrected chi connectivity index (χ4v) is 4.64. The molecule has 5 amide bonds. The Balaban J connectivity index is 1.29. The Bertz CT molecular complexity index is 912. The number of nitrogens with one attached hydrogen (secondary N) is 3. The van der Waals surface area contributed by atoms with Crippen molar-refractivity contribution in [3.05, 3.63) is 36.4 Å². The van der Waals surface area contributed by atoms with Crippen molar-refractivity contribution >= 4 is 35.1 Å². The van der Waals surface area contributed by atoms with Crippen molar-refractivity contribution in [1.29, 1.82) is 0 Å². The molecule has 2 aliphatic carbocycles. The predicted molar refractivity (Wildman–Crippen MR) is 112 cm³/mol. The molecule has 158 valence electrons. The molecule has 1 saturated carbocycles. The van der Waals surface area contributed by atoms with Gasteiger partial charge < -0.3 is 16.0 Å². The highest BCUT2D eigenvalue weighted by atomic mass is 16.2. The lowest BCUT2D eigenvalue weighted by atomic mass is 9.93. The largest absolute Gasteiger partial charge is 0.356 e. The van der Waals surface area contributed by atoms with Gasteiger partial charge in [0, 0.05) is 25.6 Å². The van der Waals surface area contributed by atoms with Gasteiger partial charge in [-0.25, -0.2) is 9.69 Å². The number of fused-ring (bicyclic) bond motifs is 2. The fraction of sp³-hybridized carbons (Fsp3) is 0.455. The van der Waals surface area contributed by atoms with Gasteiger partial charge in [0.1, 0.15) is 6.04 Å². The van der Waals surface area contributed by atoms with Crippen LogP contribution in [0.15, 0.2) is 36.4 Å². The molecule has 1 heterocycles. The summed E-state index contributed by atoms with van der Waals surface area (Å²) in [6, 6.07) is 5.26. The zero-order chi connectivity index (χ0) is 21.3. The van der Waals surface area contributed by atoms with Gasteiger partial charge in [0.05, 0.1) is 5.69 Å². The lowest BCUT2D eigenvalue weighted by Gasteiger charge is -2.18. The van der Waals surface area contributed by atoms with Crippen molar-refractivity contribution in [2.24, 2.45) is 17.8 Å². The van der Waals surface area contributed by atoms with Gasteiger partial charge >= 0.3 is 6.03 Å². The topological polar surface area (TPSA) is 108 Å². The summed E-state index contributed by atoms with van der Waals surface area (Å²) in [5.74, 6) is 1.00. The Labute approximate surface area is 175 Å². The Kier molecular flexibility index (Phi) is 5.57. The van der Waals surface area contributed by atoms with Crippen molar-refractivity contribution in [3.8, 4) is 0 Å². The molecule has 4 rings (SSSR count). The highest BCUT2D eigenvalue weighted by Gasteiger charge is 2.39. The average Bonchev–Trinajstić information content (AvgIpc) is 3.39. The molecule has 0 radical (unpaired) electrons. The first-order valence-corrected chi connectivity index (χ1v) is 10.4. The van der Waals surface area contributed by atoms with Crippen molar-refractivity contribution in [1.82, 2.24) is 10.6 Å². The van der Waals surface area contributed by atoms with Crippen LogP contribution in [0.4, 0.5) is 16.2 Å². The van der Waals surface area contributed by atoms with Crippen LogP contribution in [0.25, 0.3) is 0 Å². The highest BCUT2D eigenvalue weighted by Crippen LogP contribution is 2.42. The molecule has 1 aromatic carbocycles. The van der Waals surface area contributed by atoms with Crippen LogP contribution in [0.3, 0.4) is 0 Å². The minimum atomic E-state index is -0.738. The smallest absolute Gasteiger partial charge is 0.329 e. The second kappa shape index (κ2) is 8.30. The summed E-state index contributed by atoms with van der Waals surface area (Å²) in [7, 11) is 0. The lowest BCUT2D eigenvalue weighted by Crippen LogP contribution is -2.34. The molecule has 1 aromatic rings. The van der Waals surface area contributed by atoms with Gasteiger partial charge in [-0.1, -0.05) is 18.2 Å². The van der Waals surface area contributed by atoms with E-state index in [0.29, 0.717) is 35.7 Å². The third-order valence-electron chi connectivity index (χ3n) is 6.08. The van der Waals surface area contributed by atoms with E-state index in [1.165, 1.54) is 13.3 Å². The summed E-state index contributed by atoms with van der Waals surface area (Å²) in [6.45, 7) is 2.05. The van der Waals surface area contributed by atoms with Crippen LogP contribution in [-0.2, 0) is 14.4 Å². The minimum Gasteiger partial charge on any atom is -0.356 e. The summed E-state index contributed by atoms with van der Waals surface area (Å²) in [5, 5.41) is 8.26. The molecule has 8 nitrogen and oxygen atoms in total. The molecule has 0 spiro atoms. The number of imide groups is 1. The first-order valence-electron chi connectivity index (χ1n) is 10.4. The first-order chi connectivity index (χ1) is 14.4. The third-order valence-corrected chi connectivity index (χ3v) is 6.08. The van der Waals surface area contributed by atoms with Crippen molar-refractivity contribution in [2.45, 2.75) is 38.6 Å². The van der Waals surface area contributed by atoms with E-state index in [2.05, 4.69) is 28.1 Å². The van der Waals surface area contributed by atoms with Gasteiger partial charge in [0.25, 0.3) is 5.91 Å². The molecule has 0 unspecified atom stereocenters. The highest BCUT2D eigenvalue weighted by molar-refractivity contribution is 6.21. The fourth-order valence-electron chi connectivity index (χ4n) is 4.64. The molecule has 2 bridgehead atoms. The van der Waals surface area contributed by atoms with Gasteiger partial charge in [-0.3, -0.25) is 14.4 Å². The number of hydrogen-bond donors (Lipinski definition) is 3. The normalized spacial score (nSPS) is 26.8. The number of benzene rings is 1. The summed E-state index contributed by atoms with van der Waals surface area (Å²) in [5.41, 5.74) is 0.874. The second-order valence-corrected chi connectivity index (χ2v) is 8.29. The van der Waals surface area contributed by atoms with E-state index in [1.54, 1.807) is 24.3 Å². The predicted octanol–water partition coefficient (Wildman–Crippen LogP) is 2.18. The Morgan fingerprint density at radius 3 is 2.73 bits per heavy atom. The van der Waals surface area contributed by atoms with E-state index in [-0.39, 0.29) is 24.7 Å². The molecule has 1 saturated heterocycles. The molecule has 3 N–H and O–H groups in total. The number of rotatable bonds is 7. The third kappa shape index (κ3) is 4.22. The van der Waals surface area contributed by atoms with Crippen LogP contribution in [0.2, 0.25) is 0 Å². The molecule has 2 fully saturated rings. The van der Waals surface area contributed by atoms with Crippen molar-refractivity contribution in [2.75, 3.05) is 16.8 Å². The van der Waals surface area contributed by atoms with Crippen LogP contribution in [0, 0.1) is 17.8 Å². The molecular formula is C22H26N4O4. The van der Waals surface area contributed by atoms with Crippen LogP contribution in [0.5, 0.6) is 0 Å². The second-order valence-electron chi connectivity index (χ2n) is 8.29. The number of amides is 5. The summed E-state index contributed by atoms with van der Waals surface area (Å²) >= 11 is 0. The number of carbonyl (C=O) groups excluding carboxylic acids is 4. The maximum Gasteiger partial charge on any atom is 0.329 e. The number of hydrogen-bond acceptors (Lipinski definition) is 4. The summed E-state index contributed by atoms with van der Waals surface area (Å²) in [4.78, 5) is 49.6. The van der Waals surface area contributed by atoms with Crippen molar-refractivity contribution in [3.63, 3.8) is 0 Å². The number of nitrogens with zero attached hydrogens (tertiary/aromatic N) is 1. The number of anilines is 2. The first kappa shape index (κ1) is 20.1. The molecule has 0 aromatic heterocycles. The Morgan fingerprint density at radius 2 is 2.03 bits per heavy atom. The monoisotopic (exact) mass is 410 g/mol. The average molecular weight is 410 g/mol. The SMILES string of the molecule is CC(=O)Nc1cccc(N2C(=O)N[C@@H](CCC(=O)NC[C@@H]3C[C@H]4C=C[C@H]3C4)C2=O)c1. The van der Waals surface area contributed by atoms with Gasteiger partial charge in [0.15, 0.2) is 0 Å². The minimum absolute atomic E-state index is 0.102.